The lowest BCUT2D eigenvalue weighted by Gasteiger charge is -2.30. The molecule has 0 spiro atoms. The zero-order chi connectivity index (χ0) is 14.9. The van der Waals surface area contributed by atoms with E-state index in [-0.39, 0.29) is 17.2 Å². The van der Waals surface area contributed by atoms with E-state index in [1.54, 1.807) is 13.1 Å². The predicted octanol–water partition coefficient (Wildman–Crippen LogP) is 1.63. The summed E-state index contributed by atoms with van der Waals surface area (Å²) in [5, 5.41) is 5.44. The lowest BCUT2D eigenvalue weighted by molar-refractivity contribution is -0.129. The average Bonchev–Trinajstić information content (AvgIpc) is 2.95. The Morgan fingerprint density at radius 2 is 1.85 bits per heavy atom. The van der Waals surface area contributed by atoms with E-state index in [4.69, 9.17) is 0 Å². The molecule has 2 aliphatic rings. The van der Waals surface area contributed by atoms with Gasteiger partial charge in [-0.2, -0.15) is 0 Å². The van der Waals surface area contributed by atoms with Gasteiger partial charge in [-0.25, -0.2) is 0 Å². The maximum absolute atomic E-state index is 12.4. The molecular weight excluding hydrogens is 252 g/mol. The Morgan fingerprint density at radius 1 is 1.15 bits per heavy atom. The molecule has 0 aliphatic heterocycles. The molecule has 0 radical (unpaired) electrons. The molecule has 1 unspecified atom stereocenters. The molecule has 1 atom stereocenters. The van der Waals surface area contributed by atoms with Gasteiger partial charge in [-0.15, -0.1) is 0 Å². The van der Waals surface area contributed by atoms with Crippen molar-refractivity contribution in [3.05, 3.63) is 47.1 Å². The van der Waals surface area contributed by atoms with E-state index in [0.717, 1.165) is 11.1 Å². The van der Waals surface area contributed by atoms with Crippen molar-refractivity contribution in [3.63, 3.8) is 0 Å². The van der Waals surface area contributed by atoms with Crippen LogP contribution in [0.4, 0.5) is 0 Å². The van der Waals surface area contributed by atoms with Crippen molar-refractivity contribution in [3.8, 4) is 0 Å². The molecule has 0 saturated heterocycles. The Kier molecular flexibility index (Phi) is 3.66. The molecule has 0 aromatic heterocycles. The van der Waals surface area contributed by atoms with Gasteiger partial charge in [-0.3, -0.25) is 9.59 Å². The molecule has 2 amide bonds. The first kappa shape index (κ1) is 14.3. The van der Waals surface area contributed by atoms with Crippen molar-refractivity contribution in [2.24, 2.45) is 5.41 Å². The lowest BCUT2D eigenvalue weighted by atomic mass is 9.85. The fraction of sp³-hybridized carbons (Fsp3) is 0.375. The first-order valence-electron chi connectivity index (χ1n) is 6.68. The number of hydrogen-bond donors (Lipinski definition) is 2. The lowest BCUT2D eigenvalue weighted by Crippen LogP contribution is -2.53. The third-order valence-electron chi connectivity index (χ3n) is 3.46. The number of allylic oxidation sites excluding steroid dienone is 6. The highest BCUT2D eigenvalue weighted by Gasteiger charge is 2.33. The first-order valence-corrected chi connectivity index (χ1v) is 6.68. The Hall–Kier alpha value is -2.10. The van der Waals surface area contributed by atoms with Gasteiger partial charge in [0.1, 0.15) is 6.04 Å². The van der Waals surface area contributed by atoms with Crippen LogP contribution in [0.25, 0.3) is 0 Å². The number of fused-ring (bicyclic) bond motifs is 1. The summed E-state index contributed by atoms with van der Waals surface area (Å²) in [6.07, 6.45) is 9.50. The van der Waals surface area contributed by atoms with Gasteiger partial charge in [0.2, 0.25) is 5.91 Å². The molecule has 20 heavy (non-hydrogen) atoms. The largest absolute Gasteiger partial charge is 0.357 e. The second kappa shape index (κ2) is 5.12. The highest BCUT2D eigenvalue weighted by Crippen LogP contribution is 2.31. The number of carbonyl (C=O) groups excluding carboxylic acids is 2. The summed E-state index contributed by atoms with van der Waals surface area (Å²) < 4.78 is 0. The van der Waals surface area contributed by atoms with Crippen LogP contribution in [-0.2, 0) is 9.59 Å². The van der Waals surface area contributed by atoms with Crippen LogP contribution in [0.15, 0.2) is 47.1 Å². The molecule has 4 nitrogen and oxygen atoms in total. The van der Waals surface area contributed by atoms with Crippen molar-refractivity contribution in [1.82, 2.24) is 10.6 Å². The smallest absolute Gasteiger partial charge is 0.252 e. The van der Waals surface area contributed by atoms with E-state index in [2.05, 4.69) is 10.6 Å². The average molecular weight is 272 g/mol. The molecule has 2 rings (SSSR count). The zero-order valence-electron chi connectivity index (χ0n) is 12.3. The third-order valence-corrected chi connectivity index (χ3v) is 3.46. The molecule has 0 saturated carbocycles. The van der Waals surface area contributed by atoms with E-state index >= 15 is 0 Å². The summed E-state index contributed by atoms with van der Waals surface area (Å²) in [7, 11) is 1.57. The van der Waals surface area contributed by atoms with Crippen molar-refractivity contribution in [2.45, 2.75) is 26.8 Å². The number of likely N-dealkylation sites (N-methyl/N-ethyl adjacent to an activating group) is 1. The number of nitrogens with one attached hydrogen (secondary N) is 2. The van der Waals surface area contributed by atoms with Gasteiger partial charge in [0.05, 0.1) is 0 Å². The second-order valence-electron chi connectivity index (χ2n) is 6.03. The van der Waals surface area contributed by atoms with Gasteiger partial charge >= 0.3 is 0 Å². The van der Waals surface area contributed by atoms with Crippen LogP contribution in [-0.4, -0.2) is 24.9 Å². The van der Waals surface area contributed by atoms with Gasteiger partial charge in [0, 0.05) is 12.6 Å². The SMILES string of the molecule is CNC(=O)C(NC(=O)C1=CC=C2C=CC=C21)C(C)(C)C. The monoisotopic (exact) mass is 272 g/mol. The minimum absolute atomic E-state index is 0.184. The standard InChI is InChI=1S/C16H20N2O2/c1-16(2,3)13(15(20)17-4)18-14(19)12-9-8-10-6-5-7-11(10)12/h5-9,13H,1-4H3,(H,17,20)(H,18,19). The van der Waals surface area contributed by atoms with Gasteiger partial charge in [-0.05, 0) is 22.6 Å². The van der Waals surface area contributed by atoms with E-state index in [0.29, 0.717) is 5.57 Å². The summed E-state index contributed by atoms with van der Waals surface area (Å²) >= 11 is 0. The summed E-state index contributed by atoms with van der Waals surface area (Å²) in [5.41, 5.74) is 2.23. The molecule has 106 valence electrons. The summed E-state index contributed by atoms with van der Waals surface area (Å²) in [6.45, 7) is 5.78. The van der Waals surface area contributed by atoms with Gasteiger partial charge in [0.25, 0.3) is 5.91 Å². The summed E-state index contributed by atoms with van der Waals surface area (Å²) in [4.78, 5) is 24.4. The number of hydrogen-bond acceptors (Lipinski definition) is 2. The number of rotatable bonds is 3. The summed E-state index contributed by atoms with van der Waals surface area (Å²) in [6, 6.07) is -0.570. The molecule has 0 aromatic carbocycles. The zero-order valence-corrected chi connectivity index (χ0v) is 12.3. The molecule has 2 aliphatic carbocycles. The van der Waals surface area contributed by atoms with E-state index in [1.165, 1.54) is 0 Å². The highest BCUT2D eigenvalue weighted by atomic mass is 16.2. The molecule has 0 aromatic rings. The highest BCUT2D eigenvalue weighted by molar-refractivity contribution is 6.03. The van der Waals surface area contributed by atoms with Crippen molar-refractivity contribution >= 4 is 11.8 Å². The Morgan fingerprint density at radius 3 is 2.45 bits per heavy atom. The van der Waals surface area contributed by atoms with Gasteiger partial charge < -0.3 is 10.6 Å². The van der Waals surface area contributed by atoms with Gasteiger partial charge in [-0.1, -0.05) is 45.1 Å². The molecule has 0 fully saturated rings. The maximum Gasteiger partial charge on any atom is 0.252 e. The Bertz CT molecular complexity index is 572. The molecule has 0 bridgehead atoms. The third kappa shape index (κ3) is 2.59. The normalized spacial score (nSPS) is 17.9. The quantitative estimate of drug-likeness (QED) is 0.820. The van der Waals surface area contributed by atoms with E-state index in [9.17, 15) is 9.59 Å². The van der Waals surface area contributed by atoms with Crippen LogP contribution in [0.1, 0.15) is 20.8 Å². The maximum atomic E-state index is 12.4. The minimum Gasteiger partial charge on any atom is -0.357 e. The summed E-state index contributed by atoms with van der Waals surface area (Å²) in [5.74, 6) is -0.397. The fourth-order valence-electron chi connectivity index (χ4n) is 2.31. The molecule has 0 heterocycles. The number of amides is 2. The van der Waals surface area contributed by atoms with Crippen LogP contribution in [0.5, 0.6) is 0 Å². The molecule has 2 N–H and O–H groups in total. The van der Waals surface area contributed by atoms with E-state index in [1.807, 2.05) is 45.1 Å². The van der Waals surface area contributed by atoms with Crippen molar-refractivity contribution in [2.75, 3.05) is 7.05 Å². The Balaban J connectivity index is 2.13. The fourth-order valence-corrected chi connectivity index (χ4v) is 2.31. The van der Waals surface area contributed by atoms with Crippen molar-refractivity contribution in [1.29, 1.82) is 0 Å². The van der Waals surface area contributed by atoms with E-state index < -0.39 is 6.04 Å². The molecular formula is C16H20N2O2. The molecule has 4 heteroatoms. The van der Waals surface area contributed by atoms with Crippen LogP contribution in [0.3, 0.4) is 0 Å². The Labute approximate surface area is 119 Å². The first-order chi connectivity index (χ1) is 9.34. The minimum atomic E-state index is -0.570. The van der Waals surface area contributed by atoms with Gasteiger partial charge in [0.15, 0.2) is 0 Å². The van der Waals surface area contributed by atoms with Crippen molar-refractivity contribution < 1.29 is 9.59 Å². The van der Waals surface area contributed by atoms with Crippen LogP contribution in [0.2, 0.25) is 0 Å². The van der Waals surface area contributed by atoms with Crippen LogP contribution in [0, 0.1) is 5.41 Å². The van der Waals surface area contributed by atoms with Crippen LogP contribution < -0.4 is 10.6 Å². The predicted molar refractivity (Wildman–Crippen MR) is 78.8 cm³/mol. The second-order valence-corrected chi connectivity index (χ2v) is 6.03. The topological polar surface area (TPSA) is 58.2 Å². The van der Waals surface area contributed by atoms with Crippen LogP contribution >= 0.6 is 0 Å². The number of carbonyl (C=O) groups is 2.